The number of anilines is 1. The monoisotopic (exact) mass is 327 g/mol. The SMILES string of the molecule is c1ccc(Cc2cc(-c3ccccc3)ccc2N2CCCCC2)cc1. The van der Waals surface area contributed by atoms with Gasteiger partial charge < -0.3 is 4.90 Å². The van der Waals surface area contributed by atoms with E-state index in [1.807, 2.05) is 0 Å². The Morgan fingerprint density at radius 1 is 0.640 bits per heavy atom. The van der Waals surface area contributed by atoms with Crippen molar-refractivity contribution in [2.45, 2.75) is 25.7 Å². The summed E-state index contributed by atoms with van der Waals surface area (Å²) in [5.41, 5.74) is 6.85. The van der Waals surface area contributed by atoms with Gasteiger partial charge in [0.05, 0.1) is 0 Å². The molecule has 1 aliphatic rings. The summed E-state index contributed by atoms with van der Waals surface area (Å²) in [6.07, 6.45) is 4.98. The molecule has 126 valence electrons. The van der Waals surface area contributed by atoms with Crippen molar-refractivity contribution in [2.24, 2.45) is 0 Å². The Hall–Kier alpha value is -2.54. The fraction of sp³-hybridized carbons (Fsp3) is 0.250. The van der Waals surface area contributed by atoms with Gasteiger partial charge in [0.1, 0.15) is 0 Å². The fourth-order valence-electron chi connectivity index (χ4n) is 3.80. The van der Waals surface area contributed by atoms with Gasteiger partial charge in [-0.15, -0.1) is 0 Å². The summed E-state index contributed by atoms with van der Waals surface area (Å²) in [4.78, 5) is 2.58. The molecule has 1 heteroatoms. The van der Waals surface area contributed by atoms with Crippen LogP contribution in [0.2, 0.25) is 0 Å². The number of benzene rings is 3. The predicted molar refractivity (Wildman–Crippen MR) is 107 cm³/mol. The van der Waals surface area contributed by atoms with Crippen LogP contribution in [0.5, 0.6) is 0 Å². The lowest BCUT2D eigenvalue weighted by molar-refractivity contribution is 0.576. The van der Waals surface area contributed by atoms with Crippen LogP contribution in [0.25, 0.3) is 11.1 Å². The highest BCUT2D eigenvalue weighted by Crippen LogP contribution is 2.31. The molecular weight excluding hydrogens is 302 g/mol. The van der Waals surface area contributed by atoms with Crippen LogP contribution in [0.15, 0.2) is 78.9 Å². The van der Waals surface area contributed by atoms with Gasteiger partial charge >= 0.3 is 0 Å². The molecule has 1 fully saturated rings. The Morgan fingerprint density at radius 3 is 2.04 bits per heavy atom. The molecule has 4 rings (SSSR count). The first-order chi connectivity index (χ1) is 12.4. The van der Waals surface area contributed by atoms with E-state index in [2.05, 4.69) is 83.8 Å². The Labute approximate surface area is 150 Å². The molecule has 0 spiro atoms. The lowest BCUT2D eigenvalue weighted by Gasteiger charge is -2.31. The highest BCUT2D eigenvalue weighted by Gasteiger charge is 2.15. The molecule has 0 atom stereocenters. The van der Waals surface area contributed by atoms with Crippen LogP contribution in [0.4, 0.5) is 5.69 Å². The third kappa shape index (κ3) is 3.76. The second-order valence-corrected chi connectivity index (χ2v) is 6.92. The van der Waals surface area contributed by atoms with Crippen LogP contribution in [-0.2, 0) is 6.42 Å². The van der Waals surface area contributed by atoms with Crippen molar-refractivity contribution in [1.29, 1.82) is 0 Å². The van der Waals surface area contributed by atoms with Crippen LogP contribution in [-0.4, -0.2) is 13.1 Å². The van der Waals surface area contributed by atoms with Crippen LogP contribution in [0, 0.1) is 0 Å². The molecule has 3 aromatic carbocycles. The molecule has 0 aliphatic carbocycles. The van der Waals surface area contributed by atoms with Crippen LogP contribution < -0.4 is 4.90 Å². The molecule has 0 radical (unpaired) electrons. The first-order valence-electron chi connectivity index (χ1n) is 9.37. The molecule has 1 nitrogen and oxygen atoms in total. The van der Waals surface area contributed by atoms with Gasteiger partial charge in [0.2, 0.25) is 0 Å². The highest BCUT2D eigenvalue weighted by atomic mass is 15.1. The smallest absolute Gasteiger partial charge is 0.0402 e. The minimum Gasteiger partial charge on any atom is -0.371 e. The van der Waals surface area contributed by atoms with E-state index in [0.29, 0.717) is 0 Å². The van der Waals surface area contributed by atoms with Crippen molar-refractivity contribution in [1.82, 2.24) is 0 Å². The van der Waals surface area contributed by atoms with Gasteiger partial charge in [-0.1, -0.05) is 66.7 Å². The first-order valence-corrected chi connectivity index (χ1v) is 9.37. The maximum Gasteiger partial charge on any atom is 0.0402 e. The van der Waals surface area contributed by atoms with Gasteiger partial charge in [-0.2, -0.15) is 0 Å². The molecule has 0 unspecified atom stereocenters. The van der Waals surface area contributed by atoms with E-state index in [0.717, 1.165) is 6.42 Å². The minimum atomic E-state index is 0.993. The quantitative estimate of drug-likeness (QED) is 0.573. The van der Waals surface area contributed by atoms with E-state index in [1.54, 1.807) is 0 Å². The fourth-order valence-corrected chi connectivity index (χ4v) is 3.80. The zero-order valence-corrected chi connectivity index (χ0v) is 14.7. The van der Waals surface area contributed by atoms with E-state index >= 15 is 0 Å². The molecule has 0 aromatic heterocycles. The van der Waals surface area contributed by atoms with Crippen molar-refractivity contribution in [2.75, 3.05) is 18.0 Å². The summed E-state index contributed by atoms with van der Waals surface area (Å²) >= 11 is 0. The molecule has 0 amide bonds. The normalized spacial score (nSPS) is 14.5. The molecule has 1 heterocycles. The second kappa shape index (κ2) is 7.57. The minimum absolute atomic E-state index is 0.993. The van der Waals surface area contributed by atoms with Crippen molar-refractivity contribution in [3.05, 3.63) is 90.0 Å². The van der Waals surface area contributed by atoms with E-state index < -0.39 is 0 Å². The third-order valence-corrected chi connectivity index (χ3v) is 5.12. The Balaban J connectivity index is 1.72. The molecule has 25 heavy (non-hydrogen) atoms. The average molecular weight is 327 g/mol. The third-order valence-electron chi connectivity index (χ3n) is 5.12. The Bertz CT molecular complexity index is 802. The van der Waals surface area contributed by atoms with Gasteiger partial charge in [-0.25, -0.2) is 0 Å². The molecule has 1 aliphatic heterocycles. The zero-order valence-electron chi connectivity index (χ0n) is 14.7. The summed E-state index contributed by atoms with van der Waals surface area (Å²) in [7, 11) is 0. The summed E-state index contributed by atoms with van der Waals surface area (Å²) in [5.74, 6) is 0. The lowest BCUT2D eigenvalue weighted by Crippen LogP contribution is -2.30. The molecule has 0 saturated carbocycles. The van der Waals surface area contributed by atoms with Gasteiger partial charge in [0, 0.05) is 18.8 Å². The van der Waals surface area contributed by atoms with Crippen LogP contribution >= 0.6 is 0 Å². The summed E-state index contributed by atoms with van der Waals surface area (Å²) in [6.45, 7) is 2.37. The van der Waals surface area contributed by atoms with Gasteiger partial charge in [-0.05, 0) is 60.1 Å². The Kier molecular flexibility index (Phi) is 4.83. The predicted octanol–water partition coefficient (Wildman–Crippen LogP) is 5.93. The van der Waals surface area contributed by atoms with Crippen LogP contribution in [0.1, 0.15) is 30.4 Å². The standard InChI is InChI=1S/C24H25N/c1-4-10-20(11-5-1)18-23-19-22(21-12-6-2-7-13-21)14-15-24(23)25-16-8-3-9-17-25/h1-2,4-7,10-15,19H,3,8-9,16-18H2. The number of hydrogen-bond acceptors (Lipinski definition) is 1. The molecule has 0 bridgehead atoms. The van der Waals surface area contributed by atoms with E-state index in [4.69, 9.17) is 0 Å². The van der Waals surface area contributed by atoms with Crippen molar-refractivity contribution < 1.29 is 0 Å². The molecule has 1 saturated heterocycles. The topological polar surface area (TPSA) is 3.24 Å². The van der Waals surface area contributed by atoms with E-state index in [9.17, 15) is 0 Å². The summed E-state index contributed by atoms with van der Waals surface area (Å²) < 4.78 is 0. The number of nitrogens with zero attached hydrogens (tertiary/aromatic N) is 1. The van der Waals surface area contributed by atoms with Crippen molar-refractivity contribution in [3.8, 4) is 11.1 Å². The van der Waals surface area contributed by atoms with Gasteiger partial charge in [0.15, 0.2) is 0 Å². The molecule has 0 N–H and O–H groups in total. The lowest BCUT2D eigenvalue weighted by atomic mass is 9.96. The number of piperidine rings is 1. The van der Waals surface area contributed by atoms with Gasteiger partial charge in [0.25, 0.3) is 0 Å². The van der Waals surface area contributed by atoms with Gasteiger partial charge in [-0.3, -0.25) is 0 Å². The van der Waals surface area contributed by atoms with Crippen molar-refractivity contribution in [3.63, 3.8) is 0 Å². The average Bonchev–Trinajstić information content (AvgIpc) is 2.70. The second-order valence-electron chi connectivity index (χ2n) is 6.92. The highest BCUT2D eigenvalue weighted by molar-refractivity contribution is 5.69. The largest absolute Gasteiger partial charge is 0.371 e. The zero-order chi connectivity index (χ0) is 16.9. The van der Waals surface area contributed by atoms with Crippen LogP contribution in [0.3, 0.4) is 0 Å². The van der Waals surface area contributed by atoms with E-state index in [-0.39, 0.29) is 0 Å². The summed E-state index contributed by atoms with van der Waals surface area (Å²) in [5, 5.41) is 0. The van der Waals surface area contributed by atoms with E-state index in [1.165, 1.54) is 60.3 Å². The molecule has 3 aromatic rings. The number of hydrogen-bond donors (Lipinski definition) is 0. The first kappa shape index (κ1) is 16.0. The maximum absolute atomic E-state index is 2.58. The Morgan fingerprint density at radius 2 is 1.32 bits per heavy atom. The molecular formula is C24H25N. The maximum atomic E-state index is 2.58. The number of rotatable bonds is 4. The van der Waals surface area contributed by atoms with Crippen molar-refractivity contribution >= 4 is 5.69 Å². The summed E-state index contributed by atoms with van der Waals surface area (Å²) in [6, 6.07) is 28.6.